The number of hydrogen-bond donors (Lipinski definition) is 0. The lowest BCUT2D eigenvalue weighted by Crippen LogP contribution is -2.33. The lowest BCUT2D eigenvalue weighted by molar-refractivity contribution is 0.181. The molecule has 0 aromatic carbocycles. The first-order chi connectivity index (χ1) is 7.07. The van der Waals surface area contributed by atoms with Gasteiger partial charge in [-0.1, -0.05) is 27.7 Å². The van der Waals surface area contributed by atoms with Crippen LogP contribution in [0.4, 0.5) is 0 Å². The number of hydrogen-bond acceptors (Lipinski definition) is 1. The highest BCUT2D eigenvalue weighted by Gasteiger charge is 2.36. The van der Waals surface area contributed by atoms with Crippen molar-refractivity contribution in [3.05, 3.63) is 15.7 Å². The molecule has 1 aromatic rings. The van der Waals surface area contributed by atoms with E-state index in [2.05, 4.69) is 59.8 Å². The van der Waals surface area contributed by atoms with Gasteiger partial charge in [0, 0.05) is 12.0 Å². The molecule has 1 aliphatic heterocycles. The highest BCUT2D eigenvalue weighted by atomic mass is 127. The third-order valence-corrected chi connectivity index (χ3v) is 4.96. The summed E-state index contributed by atoms with van der Waals surface area (Å²) in [5.74, 6) is 3.36. The van der Waals surface area contributed by atoms with E-state index in [9.17, 15) is 0 Å². The normalized spacial score (nSPS) is 35.3. The first-order valence-corrected chi connectivity index (χ1v) is 6.88. The monoisotopic (exact) mass is 318 g/mol. The van der Waals surface area contributed by atoms with Crippen LogP contribution in [-0.4, -0.2) is 9.55 Å². The molecule has 0 spiro atoms. The van der Waals surface area contributed by atoms with Crippen molar-refractivity contribution < 1.29 is 0 Å². The predicted octanol–water partition coefficient (Wildman–Crippen LogP) is 3.83. The van der Waals surface area contributed by atoms with Crippen molar-refractivity contribution in [2.24, 2.45) is 11.8 Å². The molecule has 2 heterocycles. The number of rotatable bonds is 1. The van der Waals surface area contributed by atoms with Gasteiger partial charge in [-0.15, -0.1) is 0 Å². The molecule has 0 fully saturated rings. The zero-order valence-corrected chi connectivity index (χ0v) is 12.0. The van der Waals surface area contributed by atoms with Gasteiger partial charge in [-0.2, -0.15) is 0 Å². The number of fused-ring (bicyclic) bond motifs is 1. The smallest absolute Gasteiger partial charge is 0.112 e. The Morgan fingerprint density at radius 2 is 2.00 bits per heavy atom. The van der Waals surface area contributed by atoms with Gasteiger partial charge < -0.3 is 4.57 Å². The molecule has 4 unspecified atom stereocenters. The van der Waals surface area contributed by atoms with Crippen molar-refractivity contribution >= 4 is 22.6 Å². The number of imidazole rings is 1. The average Bonchev–Trinajstić information content (AvgIpc) is 2.59. The van der Waals surface area contributed by atoms with Crippen molar-refractivity contribution in [2.45, 2.75) is 46.1 Å². The summed E-state index contributed by atoms with van der Waals surface area (Å²) in [6.45, 7) is 9.34. The Labute approximate surface area is 106 Å². The standard InChI is InChI=1S/C12H19IN2/c1-5-10-8(3)7(2)9(4)12-14-6-11(13)15(10)12/h6-10H,5H2,1-4H3. The van der Waals surface area contributed by atoms with E-state index in [1.807, 2.05) is 6.20 Å². The lowest BCUT2D eigenvalue weighted by atomic mass is 9.76. The Morgan fingerprint density at radius 1 is 1.33 bits per heavy atom. The maximum absolute atomic E-state index is 4.58. The van der Waals surface area contributed by atoms with Crippen LogP contribution in [0.25, 0.3) is 0 Å². The zero-order valence-electron chi connectivity index (χ0n) is 9.87. The molecule has 0 saturated heterocycles. The molecule has 0 saturated carbocycles. The highest BCUT2D eigenvalue weighted by Crippen LogP contribution is 2.43. The third kappa shape index (κ3) is 1.63. The summed E-state index contributed by atoms with van der Waals surface area (Å²) in [7, 11) is 0. The molecule has 0 radical (unpaired) electrons. The molecule has 0 bridgehead atoms. The van der Waals surface area contributed by atoms with Crippen molar-refractivity contribution in [3.8, 4) is 0 Å². The molecule has 3 heteroatoms. The molecule has 2 nitrogen and oxygen atoms in total. The van der Waals surface area contributed by atoms with E-state index in [4.69, 9.17) is 0 Å². The topological polar surface area (TPSA) is 17.8 Å². The fourth-order valence-corrected chi connectivity index (χ4v) is 3.59. The summed E-state index contributed by atoms with van der Waals surface area (Å²) in [6, 6.07) is 0.639. The minimum absolute atomic E-state index is 0.589. The van der Waals surface area contributed by atoms with Crippen LogP contribution in [0.2, 0.25) is 0 Å². The molecule has 0 amide bonds. The fourth-order valence-electron chi connectivity index (χ4n) is 2.85. The number of nitrogens with zero attached hydrogens (tertiary/aromatic N) is 2. The number of aromatic nitrogens is 2. The first kappa shape index (κ1) is 11.4. The average molecular weight is 318 g/mol. The maximum Gasteiger partial charge on any atom is 0.112 e. The Hall–Kier alpha value is -0.0600. The maximum atomic E-state index is 4.58. The van der Waals surface area contributed by atoms with Crippen LogP contribution in [0.15, 0.2) is 6.20 Å². The quantitative estimate of drug-likeness (QED) is 0.720. The van der Waals surface area contributed by atoms with E-state index in [1.165, 1.54) is 15.9 Å². The van der Waals surface area contributed by atoms with Crippen molar-refractivity contribution in [1.82, 2.24) is 9.55 Å². The summed E-state index contributed by atoms with van der Waals surface area (Å²) in [6.07, 6.45) is 3.22. The van der Waals surface area contributed by atoms with Crippen LogP contribution >= 0.6 is 22.6 Å². The molecular weight excluding hydrogens is 299 g/mol. The Balaban J connectivity index is 2.52. The second kappa shape index (κ2) is 4.07. The minimum Gasteiger partial charge on any atom is -0.320 e. The molecule has 0 N–H and O–H groups in total. The van der Waals surface area contributed by atoms with Crippen LogP contribution in [-0.2, 0) is 0 Å². The van der Waals surface area contributed by atoms with Crippen molar-refractivity contribution in [1.29, 1.82) is 0 Å². The summed E-state index contributed by atoms with van der Waals surface area (Å²) in [5.41, 5.74) is 0. The van der Waals surface area contributed by atoms with Gasteiger partial charge in [0.15, 0.2) is 0 Å². The van der Waals surface area contributed by atoms with Gasteiger partial charge in [-0.05, 0) is 40.8 Å². The molecule has 0 aliphatic carbocycles. The highest BCUT2D eigenvalue weighted by molar-refractivity contribution is 14.1. The lowest BCUT2D eigenvalue weighted by Gasteiger charge is -2.39. The predicted molar refractivity (Wildman–Crippen MR) is 71.0 cm³/mol. The van der Waals surface area contributed by atoms with E-state index >= 15 is 0 Å². The van der Waals surface area contributed by atoms with Crippen LogP contribution < -0.4 is 0 Å². The summed E-state index contributed by atoms with van der Waals surface area (Å²) >= 11 is 2.40. The van der Waals surface area contributed by atoms with E-state index < -0.39 is 0 Å². The Kier molecular flexibility index (Phi) is 3.10. The third-order valence-electron chi connectivity index (χ3n) is 4.16. The minimum atomic E-state index is 0.589. The SMILES string of the molecule is CCC1C(C)C(C)C(C)c2ncc(I)n21. The van der Waals surface area contributed by atoms with E-state index in [0.29, 0.717) is 12.0 Å². The van der Waals surface area contributed by atoms with Crippen LogP contribution in [0.1, 0.15) is 51.9 Å². The van der Waals surface area contributed by atoms with E-state index in [1.54, 1.807) is 0 Å². The van der Waals surface area contributed by atoms with Gasteiger partial charge in [-0.25, -0.2) is 4.98 Å². The van der Waals surface area contributed by atoms with Gasteiger partial charge in [-0.3, -0.25) is 0 Å². The van der Waals surface area contributed by atoms with Crippen LogP contribution in [0.5, 0.6) is 0 Å². The molecular formula is C12H19IN2. The second-order valence-electron chi connectivity index (χ2n) is 4.79. The van der Waals surface area contributed by atoms with E-state index in [0.717, 1.165) is 11.8 Å². The zero-order chi connectivity index (χ0) is 11.2. The van der Waals surface area contributed by atoms with Crippen molar-refractivity contribution in [3.63, 3.8) is 0 Å². The van der Waals surface area contributed by atoms with Crippen LogP contribution in [0, 0.1) is 15.5 Å². The Morgan fingerprint density at radius 3 is 2.60 bits per heavy atom. The molecule has 4 atom stereocenters. The van der Waals surface area contributed by atoms with Gasteiger partial charge in [0.05, 0.1) is 9.90 Å². The molecule has 1 aliphatic rings. The summed E-state index contributed by atoms with van der Waals surface area (Å²) < 4.78 is 3.75. The van der Waals surface area contributed by atoms with Gasteiger partial charge in [0.2, 0.25) is 0 Å². The molecule has 15 heavy (non-hydrogen) atoms. The largest absolute Gasteiger partial charge is 0.320 e. The Bertz CT molecular complexity index is 359. The molecule has 2 rings (SSSR count). The van der Waals surface area contributed by atoms with Gasteiger partial charge in [0.1, 0.15) is 5.82 Å². The van der Waals surface area contributed by atoms with Gasteiger partial charge >= 0.3 is 0 Å². The fraction of sp³-hybridized carbons (Fsp3) is 0.750. The van der Waals surface area contributed by atoms with E-state index in [-0.39, 0.29) is 0 Å². The molecule has 84 valence electrons. The summed E-state index contributed by atoms with van der Waals surface area (Å²) in [5, 5.41) is 0. The summed E-state index contributed by atoms with van der Waals surface area (Å²) in [4.78, 5) is 4.58. The van der Waals surface area contributed by atoms with Crippen molar-refractivity contribution in [2.75, 3.05) is 0 Å². The molecule has 1 aromatic heterocycles. The van der Waals surface area contributed by atoms with Gasteiger partial charge in [0.25, 0.3) is 0 Å². The van der Waals surface area contributed by atoms with Crippen LogP contribution in [0.3, 0.4) is 0 Å². The second-order valence-corrected chi connectivity index (χ2v) is 5.90. The first-order valence-electron chi connectivity index (χ1n) is 5.80. The number of halogens is 1.